The number of hydrazone groups is 1. The summed E-state index contributed by atoms with van der Waals surface area (Å²) in [5, 5.41) is 13.9. The zero-order valence-corrected chi connectivity index (χ0v) is 16.5. The van der Waals surface area contributed by atoms with Gasteiger partial charge in [0.15, 0.2) is 11.5 Å². The molecule has 7 nitrogen and oxygen atoms in total. The third-order valence-corrected chi connectivity index (χ3v) is 4.10. The molecule has 2 rings (SSSR count). The first-order valence-electron chi connectivity index (χ1n) is 7.22. The van der Waals surface area contributed by atoms with Gasteiger partial charge in [-0.05, 0) is 24.3 Å². The van der Waals surface area contributed by atoms with E-state index in [0.717, 1.165) is 0 Å². The number of halogens is 2. The first-order valence-corrected chi connectivity index (χ1v) is 8.39. The summed E-state index contributed by atoms with van der Waals surface area (Å²) in [5.74, 6) is 0.431. The van der Waals surface area contributed by atoms with E-state index in [1.165, 1.54) is 39.7 Å². The van der Waals surface area contributed by atoms with Crippen LogP contribution < -0.4 is 19.6 Å². The molecule has 26 heavy (non-hydrogen) atoms. The molecule has 9 heteroatoms. The van der Waals surface area contributed by atoms with E-state index in [1.54, 1.807) is 12.1 Å². The van der Waals surface area contributed by atoms with E-state index in [1.807, 2.05) is 0 Å². The Balaban J connectivity index is 2.23. The number of rotatable bonds is 6. The molecule has 2 aromatic carbocycles. The van der Waals surface area contributed by atoms with Crippen LogP contribution in [0.1, 0.15) is 15.9 Å². The summed E-state index contributed by atoms with van der Waals surface area (Å²) >= 11 is 9.15. The van der Waals surface area contributed by atoms with E-state index >= 15 is 0 Å². The monoisotopic (exact) mass is 442 g/mol. The molecule has 0 fully saturated rings. The molecular weight excluding hydrogens is 428 g/mol. The van der Waals surface area contributed by atoms with Gasteiger partial charge >= 0.3 is 0 Å². The Hall–Kier alpha value is -2.45. The Bertz CT molecular complexity index is 832. The number of carbonyl (C=O) groups excluding carboxylic acids is 1. The average Bonchev–Trinajstić information content (AvgIpc) is 2.63. The van der Waals surface area contributed by atoms with Crippen LogP contribution in [0.15, 0.2) is 33.8 Å². The number of phenolic OH excluding ortho intramolecular Hbond substituents is 1. The number of carbonyl (C=O) groups is 1. The number of nitrogens with one attached hydrogen (secondary N) is 1. The van der Waals surface area contributed by atoms with Crippen LogP contribution in [0.4, 0.5) is 0 Å². The van der Waals surface area contributed by atoms with Gasteiger partial charge in [0, 0.05) is 15.6 Å². The lowest BCUT2D eigenvalue weighted by molar-refractivity contribution is 0.0954. The van der Waals surface area contributed by atoms with Crippen molar-refractivity contribution in [1.29, 1.82) is 0 Å². The molecule has 0 atom stereocenters. The molecule has 0 unspecified atom stereocenters. The van der Waals surface area contributed by atoms with E-state index < -0.39 is 5.91 Å². The van der Waals surface area contributed by atoms with Crippen LogP contribution in [0.2, 0.25) is 5.02 Å². The molecule has 0 aliphatic carbocycles. The number of ether oxygens (including phenoxy) is 3. The maximum Gasteiger partial charge on any atom is 0.271 e. The number of methoxy groups -OCH3 is 3. The smallest absolute Gasteiger partial charge is 0.271 e. The van der Waals surface area contributed by atoms with Gasteiger partial charge in [0.2, 0.25) is 5.75 Å². The number of benzene rings is 2. The van der Waals surface area contributed by atoms with Gasteiger partial charge in [0.1, 0.15) is 5.75 Å². The van der Waals surface area contributed by atoms with Crippen LogP contribution in [-0.2, 0) is 0 Å². The first kappa shape index (κ1) is 19.9. The maximum absolute atomic E-state index is 12.3. The minimum Gasteiger partial charge on any atom is -0.506 e. The van der Waals surface area contributed by atoms with E-state index in [9.17, 15) is 9.90 Å². The summed E-state index contributed by atoms with van der Waals surface area (Å²) in [4.78, 5) is 12.3. The average molecular weight is 444 g/mol. The highest BCUT2D eigenvalue weighted by Gasteiger charge is 2.16. The number of phenols is 1. The minimum absolute atomic E-state index is 0.138. The summed E-state index contributed by atoms with van der Waals surface area (Å²) < 4.78 is 16.3. The Morgan fingerprint density at radius 3 is 2.31 bits per heavy atom. The Morgan fingerprint density at radius 1 is 1.15 bits per heavy atom. The highest BCUT2D eigenvalue weighted by molar-refractivity contribution is 9.10. The van der Waals surface area contributed by atoms with Crippen molar-refractivity contribution in [3.8, 4) is 23.0 Å². The molecule has 0 bridgehead atoms. The van der Waals surface area contributed by atoms with Gasteiger partial charge in [-0.2, -0.15) is 5.10 Å². The van der Waals surface area contributed by atoms with Gasteiger partial charge < -0.3 is 19.3 Å². The Labute approximate surface area is 163 Å². The number of aromatic hydroxyl groups is 1. The zero-order chi connectivity index (χ0) is 19.3. The summed E-state index contributed by atoms with van der Waals surface area (Å²) in [5.41, 5.74) is 2.96. The topological polar surface area (TPSA) is 89.4 Å². The molecule has 0 saturated heterocycles. The van der Waals surface area contributed by atoms with Crippen molar-refractivity contribution in [2.24, 2.45) is 5.10 Å². The second-order valence-corrected chi connectivity index (χ2v) is 6.26. The molecule has 0 aliphatic rings. The lowest BCUT2D eigenvalue weighted by atomic mass is 10.1. The molecule has 2 aromatic rings. The van der Waals surface area contributed by atoms with Crippen LogP contribution in [-0.4, -0.2) is 38.6 Å². The molecule has 0 spiro atoms. The zero-order valence-electron chi connectivity index (χ0n) is 14.2. The van der Waals surface area contributed by atoms with Crippen molar-refractivity contribution < 1.29 is 24.1 Å². The van der Waals surface area contributed by atoms with Crippen molar-refractivity contribution in [3.63, 3.8) is 0 Å². The van der Waals surface area contributed by atoms with Gasteiger partial charge in [-0.15, -0.1) is 0 Å². The SMILES string of the molecule is COc1cc(C(=O)N/N=C/c2cc(Br)cc(Cl)c2O)cc(OC)c1OC. The fourth-order valence-corrected chi connectivity index (χ4v) is 2.96. The van der Waals surface area contributed by atoms with Crippen LogP contribution in [0.5, 0.6) is 23.0 Å². The van der Waals surface area contributed by atoms with Crippen LogP contribution in [0.25, 0.3) is 0 Å². The third-order valence-electron chi connectivity index (χ3n) is 3.35. The normalized spacial score (nSPS) is 10.7. The van der Waals surface area contributed by atoms with Crippen LogP contribution in [0, 0.1) is 0 Å². The van der Waals surface area contributed by atoms with Crippen molar-refractivity contribution in [3.05, 3.63) is 44.9 Å². The fourth-order valence-electron chi connectivity index (χ4n) is 2.12. The molecule has 0 heterocycles. The first-order chi connectivity index (χ1) is 12.4. The number of nitrogens with zero attached hydrogens (tertiary/aromatic N) is 1. The number of hydrogen-bond acceptors (Lipinski definition) is 6. The summed E-state index contributed by atoms with van der Waals surface area (Å²) in [6.07, 6.45) is 1.28. The van der Waals surface area contributed by atoms with Crippen molar-refractivity contribution in [1.82, 2.24) is 5.43 Å². The van der Waals surface area contributed by atoms with E-state index in [-0.39, 0.29) is 16.3 Å². The molecule has 0 radical (unpaired) electrons. The third kappa shape index (κ3) is 4.39. The quantitative estimate of drug-likeness (QED) is 0.526. The molecular formula is C17H16BrClN2O5. The summed E-state index contributed by atoms with van der Waals surface area (Å²) in [7, 11) is 4.38. The maximum atomic E-state index is 12.3. The van der Waals surface area contributed by atoms with Gasteiger partial charge in [0.05, 0.1) is 32.6 Å². The van der Waals surface area contributed by atoms with E-state index in [4.69, 9.17) is 25.8 Å². The lowest BCUT2D eigenvalue weighted by Gasteiger charge is -2.13. The molecule has 138 valence electrons. The van der Waals surface area contributed by atoms with E-state index in [2.05, 4.69) is 26.5 Å². The van der Waals surface area contributed by atoms with Gasteiger partial charge in [-0.3, -0.25) is 4.79 Å². The molecule has 1 amide bonds. The highest BCUT2D eigenvalue weighted by Crippen LogP contribution is 2.38. The molecule has 0 aliphatic heterocycles. The Morgan fingerprint density at radius 2 is 1.77 bits per heavy atom. The van der Waals surface area contributed by atoms with E-state index in [0.29, 0.717) is 27.3 Å². The highest BCUT2D eigenvalue weighted by atomic mass is 79.9. The predicted molar refractivity (Wildman–Crippen MR) is 102 cm³/mol. The summed E-state index contributed by atoms with van der Waals surface area (Å²) in [6.45, 7) is 0. The second kappa shape index (κ2) is 8.77. The van der Waals surface area contributed by atoms with Crippen molar-refractivity contribution >= 4 is 39.7 Å². The van der Waals surface area contributed by atoms with Crippen LogP contribution >= 0.6 is 27.5 Å². The predicted octanol–water partition coefficient (Wildman–Crippen LogP) is 3.60. The van der Waals surface area contributed by atoms with Crippen LogP contribution in [0.3, 0.4) is 0 Å². The van der Waals surface area contributed by atoms with Gasteiger partial charge in [-0.25, -0.2) is 5.43 Å². The van der Waals surface area contributed by atoms with Gasteiger partial charge in [0.25, 0.3) is 5.91 Å². The standard InChI is InChI=1S/C17H16BrClN2O5/c1-24-13-5-9(6-14(25-2)16(13)26-3)17(23)21-20-8-10-4-11(18)7-12(19)15(10)22/h4-8,22H,1-3H3,(H,21,23)/b20-8+. The summed E-state index contributed by atoms with van der Waals surface area (Å²) in [6, 6.07) is 6.15. The largest absolute Gasteiger partial charge is 0.506 e. The second-order valence-electron chi connectivity index (χ2n) is 4.94. The fraction of sp³-hybridized carbons (Fsp3) is 0.176. The molecule has 0 saturated carbocycles. The lowest BCUT2D eigenvalue weighted by Crippen LogP contribution is -2.18. The number of amides is 1. The number of hydrogen-bond donors (Lipinski definition) is 2. The molecule has 2 N–H and O–H groups in total. The van der Waals surface area contributed by atoms with Gasteiger partial charge in [-0.1, -0.05) is 27.5 Å². The van der Waals surface area contributed by atoms with Crippen molar-refractivity contribution in [2.75, 3.05) is 21.3 Å². The Kier molecular flexibility index (Phi) is 6.70. The minimum atomic E-state index is -0.499. The molecule has 0 aromatic heterocycles. The van der Waals surface area contributed by atoms with Crippen molar-refractivity contribution in [2.45, 2.75) is 0 Å².